The summed E-state index contributed by atoms with van der Waals surface area (Å²) in [4.78, 5) is 47.1. The van der Waals surface area contributed by atoms with Gasteiger partial charge in [0.05, 0.1) is 6.54 Å². The van der Waals surface area contributed by atoms with E-state index in [1.807, 2.05) is 76.8 Å². The van der Waals surface area contributed by atoms with Gasteiger partial charge in [0.1, 0.15) is 34.9 Å². The molecule has 3 aliphatic heterocycles. The predicted octanol–water partition coefficient (Wildman–Crippen LogP) is 9.79. The number of carbonyl (C=O) groups excluding carboxylic acids is 3. The fourth-order valence-electron chi connectivity index (χ4n) is 8.70. The zero-order chi connectivity index (χ0) is 42.0. The van der Waals surface area contributed by atoms with Gasteiger partial charge in [-0.2, -0.15) is 0 Å². The summed E-state index contributed by atoms with van der Waals surface area (Å²) >= 11 is 6.59. The third-order valence-corrected chi connectivity index (χ3v) is 12.1. The van der Waals surface area contributed by atoms with Crippen LogP contribution in [-0.2, 0) is 9.47 Å². The molecule has 3 heterocycles. The van der Waals surface area contributed by atoms with E-state index in [4.69, 9.17) is 30.5 Å². The molecular weight excluding hydrogens is 756 g/mol. The van der Waals surface area contributed by atoms with Gasteiger partial charge in [-0.15, -0.1) is 0 Å². The van der Waals surface area contributed by atoms with Gasteiger partial charge in [-0.1, -0.05) is 32.4 Å². The highest BCUT2D eigenvalue weighted by atomic mass is 35.5. The Balaban J connectivity index is 1.07. The van der Waals surface area contributed by atoms with Crippen molar-refractivity contribution in [1.82, 2.24) is 14.7 Å². The second kappa shape index (κ2) is 17.8. The molecule has 0 radical (unpaired) electrons. The van der Waals surface area contributed by atoms with E-state index in [0.717, 1.165) is 49.1 Å². The van der Waals surface area contributed by atoms with Gasteiger partial charge in [-0.25, -0.2) is 9.59 Å². The van der Waals surface area contributed by atoms with Crippen LogP contribution < -0.4 is 14.4 Å². The van der Waals surface area contributed by atoms with Crippen molar-refractivity contribution >= 4 is 35.4 Å². The number of ether oxygens (including phenoxy) is 4. The minimum Gasteiger partial charge on any atom is -0.490 e. The van der Waals surface area contributed by atoms with Crippen LogP contribution in [0.5, 0.6) is 11.5 Å². The number of hydrogen-bond donors (Lipinski definition) is 0. The molecule has 0 N–H and O–H groups in total. The molecule has 2 aromatic carbocycles. The van der Waals surface area contributed by atoms with Gasteiger partial charge in [-0.3, -0.25) is 4.79 Å². The maximum atomic E-state index is 14.1. The number of benzene rings is 2. The van der Waals surface area contributed by atoms with Crippen LogP contribution in [0.25, 0.3) is 0 Å². The van der Waals surface area contributed by atoms with Crippen LogP contribution in [0.4, 0.5) is 15.3 Å². The van der Waals surface area contributed by atoms with Gasteiger partial charge >= 0.3 is 12.2 Å². The Hall–Kier alpha value is -3.86. The summed E-state index contributed by atoms with van der Waals surface area (Å²) in [5, 5.41) is 0.595. The van der Waals surface area contributed by atoms with Crippen molar-refractivity contribution in [1.29, 1.82) is 0 Å². The summed E-state index contributed by atoms with van der Waals surface area (Å²) in [5.74, 6) is 2.53. The SMILES string of the molecule is CC(C)(C)OC(=O)N1CCN(c2cc(Cl)cc(OC3CCN(C(=O)c4ccc(O[C@H]5CCN(C(=O)OC(C)(C)C)C5)c(C5CCC(C(C)(C)C)CC5)c4)CC3)c2)CC1. The largest absolute Gasteiger partial charge is 0.490 e. The lowest BCUT2D eigenvalue weighted by atomic mass is 9.68. The molecule has 1 saturated carbocycles. The van der Waals surface area contributed by atoms with Crippen LogP contribution in [0.1, 0.15) is 129 Å². The molecule has 0 bridgehead atoms. The summed E-state index contributed by atoms with van der Waals surface area (Å²) in [6.07, 6.45) is 5.79. The number of anilines is 1. The molecule has 3 saturated heterocycles. The summed E-state index contributed by atoms with van der Waals surface area (Å²) in [6, 6.07) is 11.8. The lowest BCUT2D eigenvalue weighted by Crippen LogP contribution is -2.50. The minimum absolute atomic E-state index is 0.0298. The number of likely N-dealkylation sites (tertiary alicyclic amines) is 2. The molecule has 0 unspecified atom stereocenters. The number of amides is 3. The van der Waals surface area contributed by atoms with Crippen molar-refractivity contribution in [2.75, 3.05) is 57.3 Å². The van der Waals surface area contributed by atoms with Crippen molar-refractivity contribution in [2.45, 2.75) is 137 Å². The highest BCUT2D eigenvalue weighted by Gasteiger charge is 2.35. The number of carbonyl (C=O) groups is 3. The highest BCUT2D eigenvalue weighted by Crippen LogP contribution is 2.46. The monoisotopic (exact) mass is 822 g/mol. The standard InChI is InChI=1S/C46H67ClN4O7/c1-44(2,3)33-13-10-31(11-14-33)39-26-32(12-15-40(39)56-37-18-21-51(30-37)43(54)58-46(7,8)9)41(52)49-19-16-36(17-20-49)55-38-28-34(47)27-35(29-38)48-22-24-50(25-23-48)42(53)57-45(4,5)6/h12,15,26-29,31,33,36-37H,10-11,13-14,16-25,30H2,1-9H3/t31?,33?,37-/m0/s1. The van der Waals surface area contributed by atoms with Gasteiger partial charge in [0, 0.05) is 87.4 Å². The van der Waals surface area contributed by atoms with Crippen LogP contribution >= 0.6 is 11.6 Å². The summed E-state index contributed by atoms with van der Waals surface area (Å²) in [7, 11) is 0. The Morgan fingerprint density at radius 3 is 1.81 bits per heavy atom. The molecule has 4 fully saturated rings. The zero-order valence-corrected chi connectivity index (χ0v) is 37.2. The topological polar surface area (TPSA) is 101 Å². The van der Waals surface area contributed by atoms with E-state index in [-0.39, 0.29) is 35.7 Å². The lowest BCUT2D eigenvalue weighted by Gasteiger charge is -2.37. The number of halogens is 1. The number of rotatable bonds is 7. The van der Waals surface area contributed by atoms with Gasteiger partial charge in [-0.05, 0) is 120 Å². The summed E-state index contributed by atoms with van der Waals surface area (Å²) in [6.45, 7) is 23.0. The summed E-state index contributed by atoms with van der Waals surface area (Å²) in [5.41, 5.74) is 1.94. The number of nitrogens with zero attached hydrogens (tertiary/aromatic N) is 4. The normalized spacial score (nSPS) is 22.5. The zero-order valence-electron chi connectivity index (χ0n) is 36.4. The first-order valence-corrected chi connectivity index (χ1v) is 21.9. The Bertz CT molecular complexity index is 1760. The van der Waals surface area contributed by atoms with Crippen LogP contribution in [0.3, 0.4) is 0 Å². The van der Waals surface area contributed by atoms with Gasteiger partial charge < -0.3 is 38.5 Å². The van der Waals surface area contributed by atoms with Crippen molar-refractivity contribution in [3.63, 3.8) is 0 Å². The Morgan fingerprint density at radius 2 is 1.21 bits per heavy atom. The molecule has 4 aliphatic rings. The fraction of sp³-hybridized carbons (Fsp3) is 0.674. The quantitative estimate of drug-likeness (QED) is 0.272. The van der Waals surface area contributed by atoms with Crippen molar-refractivity contribution in [3.05, 3.63) is 52.5 Å². The molecular formula is C46H67ClN4O7. The molecule has 0 aromatic heterocycles. The van der Waals surface area contributed by atoms with E-state index in [0.29, 0.717) is 93.4 Å². The minimum atomic E-state index is -0.551. The molecule has 12 heteroatoms. The average molecular weight is 824 g/mol. The van der Waals surface area contributed by atoms with Crippen molar-refractivity contribution in [2.24, 2.45) is 11.3 Å². The second-order valence-electron chi connectivity index (χ2n) is 19.8. The summed E-state index contributed by atoms with van der Waals surface area (Å²) < 4.78 is 24.4. The van der Waals surface area contributed by atoms with Crippen LogP contribution in [0.15, 0.2) is 36.4 Å². The van der Waals surface area contributed by atoms with E-state index < -0.39 is 11.2 Å². The average Bonchev–Trinajstić information content (AvgIpc) is 3.62. The molecule has 6 rings (SSSR count). The van der Waals surface area contributed by atoms with Gasteiger partial charge in [0.15, 0.2) is 0 Å². The molecule has 11 nitrogen and oxygen atoms in total. The third kappa shape index (κ3) is 11.7. The first-order chi connectivity index (χ1) is 27.2. The van der Waals surface area contributed by atoms with E-state index >= 15 is 0 Å². The second-order valence-corrected chi connectivity index (χ2v) is 20.3. The van der Waals surface area contributed by atoms with E-state index in [1.165, 1.54) is 0 Å². The number of hydrogen-bond acceptors (Lipinski definition) is 8. The molecule has 320 valence electrons. The molecule has 1 atom stereocenters. The number of piperazine rings is 1. The van der Waals surface area contributed by atoms with E-state index in [2.05, 4.69) is 31.7 Å². The highest BCUT2D eigenvalue weighted by molar-refractivity contribution is 6.31. The van der Waals surface area contributed by atoms with Gasteiger partial charge in [0.2, 0.25) is 0 Å². The fourth-order valence-corrected chi connectivity index (χ4v) is 8.92. The van der Waals surface area contributed by atoms with Gasteiger partial charge in [0.25, 0.3) is 5.91 Å². The van der Waals surface area contributed by atoms with Crippen molar-refractivity contribution in [3.8, 4) is 11.5 Å². The van der Waals surface area contributed by atoms with Crippen LogP contribution in [0, 0.1) is 11.3 Å². The molecule has 0 spiro atoms. The van der Waals surface area contributed by atoms with Crippen LogP contribution in [0.2, 0.25) is 5.02 Å². The van der Waals surface area contributed by atoms with E-state index in [1.54, 1.807) is 9.80 Å². The first kappa shape index (κ1) is 43.7. The van der Waals surface area contributed by atoms with Crippen LogP contribution in [-0.4, -0.2) is 109 Å². The maximum absolute atomic E-state index is 14.1. The molecule has 1 aliphatic carbocycles. The molecule has 58 heavy (non-hydrogen) atoms. The third-order valence-electron chi connectivity index (χ3n) is 11.9. The predicted molar refractivity (Wildman–Crippen MR) is 228 cm³/mol. The van der Waals surface area contributed by atoms with Crippen molar-refractivity contribution < 1.29 is 33.3 Å². The Morgan fingerprint density at radius 1 is 0.621 bits per heavy atom. The first-order valence-electron chi connectivity index (χ1n) is 21.5. The lowest BCUT2D eigenvalue weighted by molar-refractivity contribution is 0.0237. The molecule has 3 amide bonds. The van der Waals surface area contributed by atoms with E-state index in [9.17, 15) is 14.4 Å². The molecule has 2 aromatic rings. The maximum Gasteiger partial charge on any atom is 0.410 e. The smallest absolute Gasteiger partial charge is 0.410 e. The number of piperidine rings is 1. The Labute approximate surface area is 351 Å². The Kier molecular flexibility index (Phi) is 13.4.